The topological polar surface area (TPSA) is 120 Å². The first-order valence-electron chi connectivity index (χ1n) is 10.5. The van der Waals surface area contributed by atoms with Crippen LogP contribution in [0.1, 0.15) is 36.2 Å². The van der Waals surface area contributed by atoms with Crippen molar-refractivity contribution in [2.45, 2.75) is 31.4 Å². The fourth-order valence-corrected chi connectivity index (χ4v) is 4.49. The highest BCUT2D eigenvalue weighted by Crippen LogP contribution is 2.44. The van der Waals surface area contributed by atoms with Crippen LogP contribution in [0.2, 0.25) is 0 Å². The lowest BCUT2D eigenvalue weighted by atomic mass is 9.77. The molecule has 5 N–H and O–H groups in total. The van der Waals surface area contributed by atoms with Gasteiger partial charge in [0, 0.05) is 16.5 Å². The molecule has 1 amide bonds. The largest absolute Gasteiger partial charge is 0.390 e. The van der Waals surface area contributed by atoms with Crippen LogP contribution < -0.4 is 11.5 Å². The standard InChI is InChI=1S/C24H20F3N5O2/c1-24(34)9-12(10-24)32-22(28)17(23(29)33)21(31-32)14-7-6-11-8-16(26)20(30-19(11)18(14)27)13-4-2-3-5-15(13)25/h2-8,12,34H,9-10,28H2,1H3,(H2,29,33). The molecule has 1 saturated carbocycles. The molecule has 0 unspecified atom stereocenters. The molecule has 1 aliphatic carbocycles. The molecule has 0 spiro atoms. The molecule has 5 rings (SSSR count). The molecule has 0 bridgehead atoms. The number of amides is 1. The number of benzene rings is 2. The average molecular weight is 467 g/mol. The summed E-state index contributed by atoms with van der Waals surface area (Å²) in [5.41, 5.74) is 9.71. The number of anilines is 1. The lowest BCUT2D eigenvalue weighted by Crippen LogP contribution is -2.42. The summed E-state index contributed by atoms with van der Waals surface area (Å²) in [6, 6.07) is 8.99. The molecule has 2 aromatic carbocycles. The van der Waals surface area contributed by atoms with Gasteiger partial charge in [-0.3, -0.25) is 4.79 Å². The number of nitrogens with zero attached hydrogens (tertiary/aromatic N) is 3. The maximum atomic E-state index is 15.7. The van der Waals surface area contributed by atoms with Crippen LogP contribution in [0.25, 0.3) is 33.4 Å². The molecule has 0 radical (unpaired) electrons. The van der Waals surface area contributed by atoms with Crippen LogP contribution >= 0.6 is 0 Å². The molecule has 0 saturated heterocycles. The number of carbonyl (C=O) groups is 1. The summed E-state index contributed by atoms with van der Waals surface area (Å²) in [4.78, 5) is 16.3. The van der Waals surface area contributed by atoms with E-state index in [1.54, 1.807) is 6.92 Å². The van der Waals surface area contributed by atoms with E-state index in [4.69, 9.17) is 11.5 Å². The molecule has 174 valence electrons. The van der Waals surface area contributed by atoms with Gasteiger partial charge in [-0.05, 0) is 44.0 Å². The van der Waals surface area contributed by atoms with Gasteiger partial charge in [-0.1, -0.05) is 18.2 Å². The van der Waals surface area contributed by atoms with E-state index in [0.717, 1.165) is 12.1 Å². The Morgan fingerprint density at radius 2 is 1.79 bits per heavy atom. The van der Waals surface area contributed by atoms with Gasteiger partial charge < -0.3 is 16.6 Å². The van der Waals surface area contributed by atoms with E-state index in [0.29, 0.717) is 12.8 Å². The van der Waals surface area contributed by atoms with Crippen LogP contribution in [0.5, 0.6) is 0 Å². The van der Waals surface area contributed by atoms with E-state index in [-0.39, 0.29) is 50.8 Å². The van der Waals surface area contributed by atoms with Crippen molar-refractivity contribution in [1.82, 2.24) is 14.8 Å². The van der Waals surface area contributed by atoms with Crippen molar-refractivity contribution in [2.75, 3.05) is 5.73 Å². The van der Waals surface area contributed by atoms with Crippen molar-refractivity contribution >= 4 is 22.6 Å². The van der Waals surface area contributed by atoms with Gasteiger partial charge in [0.25, 0.3) is 5.91 Å². The predicted octanol–water partition coefficient (Wildman–Crippen LogP) is 3.95. The van der Waals surface area contributed by atoms with Crippen molar-refractivity contribution in [1.29, 1.82) is 0 Å². The van der Waals surface area contributed by atoms with Crippen molar-refractivity contribution < 1.29 is 23.1 Å². The van der Waals surface area contributed by atoms with E-state index < -0.39 is 29.0 Å². The molecular weight excluding hydrogens is 447 g/mol. The summed E-state index contributed by atoms with van der Waals surface area (Å²) < 4.78 is 46.0. The molecule has 4 aromatic rings. The molecule has 10 heteroatoms. The van der Waals surface area contributed by atoms with Gasteiger partial charge in [-0.25, -0.2) is 22.8 Å². The number of hydrogen-bond acceptors (Lipinski definition) is 5. The Morgan fingerprint density at radius 3 is 2.44 bits per heavy atom. The smallest absolute Gasteiger partial charge is 0.254 e. The molecule has 34 heavy (non-hydrogen) atoms. The number of primary amides is 1. The van der Waals surface area contributed by atoms with Gasteiger partial charge in [0.05, 0.1) is 11.6 Å². The fraction of sp³-hybridized carbons (Fsp3) is 0.208. The van der Waals surface area contributed by atoms with Crippen molar-refractivity contribution in [3.63, 3.8) is 0 Å². The first-order chi connectivity index (χ1) is 16.1. The number of carbonyl (C=O) groups excluding carboxylic acids is 1. The first-order valence-corrected chi connectivity index (χ1v) is 10.5. The molecule has 2 heterocycles. The molecule has 1 aliphatic rings. The quantitative estimate of drug-likeness (QED) is 0.420. The van der Waals surface area contributed by atoms with Gasteiger partial charge in [-0.15, -0.1) is 0 Å². The van der Waals surface area contributed by atoms with E-state index in [9.17, 15) is 18.7 Å². The zero-order chi connectivity index (χ0) is 24.4. The van der Waals surface area contributed by atoms with Gasteiger partial charge >= 0.3 is 0 Å². The third-order valence-corrected chi connectivity index (χ3v) is 6.15. The third kappa shape index (κ3) is 3.38. The van der Waals surface area contributed by atoms with Crippen molar-refractivity contribution in [3.8, 4) is 22.5 Å². The highest BCUT2D eigenvalue weighted by Gasteiger charge is 2.42. The van der Waals surface area contributed by atoms with Crippen molar-refractivity contribution in [2.24, 2.45) is 5.73 Å². The highest BCUT2D eigenvalue weighted by molar-refractivity contribution is 6.04. The van der Waals surface area contributed by atoms with Crippen LogP contribution in [-0.2, 0) is 0 Å². The molecule has 0 aliphatic heterocycles. The number of nitrogen functional groups attached to an aromatic ring is 1. The minimum Gasteiger partial charge on any atom is -0.390 e. The van der Waals surface area contributed by atoms with E-state index in [1.807, 2.05) is 0 Å². The highest BCUT2D eigenvalue weighted by atomic mass is 19.1. The predicted molar refractivity (Wildman–Crippen MR) is 120 cm³/mol. The maximum absolute atomic E-state index is 15.7. The fourth-order valence-electron chi connectivity index (χ4n) is 4.49. The first kappa shape index (κ1) is 21.9. The molecule has 1 fully saturated rings. The van der Waals surface area contributed by atoms with Gasteiger partial charge in [0.15, 0.2) is 5.82 Å². The number of hydrogen-bond donors (Lipinski definition) is 3. The van der Waals surface area contributed by atoms with Crippen molar-refractivity contribution in [3.05, 3.63) is 65.5 Å². The monoisotopic (exact) mass is 467 g/mol. The minimum absolute atomic E-state index is 0.0402. The van der Waals surface area contributed by atoms with Crippen LogP contribution in [0.4, 0.5) is 19.0 Å². The van der Waals surface area contributed by atoms with E-state index in [1.165, 1.54) is 35.0 Å². The Kier molecular flexibility index (Phi) is 4.87. The van der Waals surface area contributed by atoms with E-state index in [2.05, 4.69) is 10.1 Å². The molecular formula is C24H20F3N5O2. The number of aliphatic hydroxyl groups is 1. The van der Waals surface area contributed by atoms with Gasteiger partial charge in [-0.2, -0.15) is 5.10 Å². The Hall–Kier alpha value is -3.92. The summed E-state index contributed by atoms with van der Waals surface area (Å²) in [5.74, 6) is -3.34. The normalized spacial score (nSPS) is 19.9. The Bertz CT molecular complexity index is 1470. The molecule has 0 atom stereocenters. The summed E-state index contributed by atoms with van der Waals surface area (Å²) in [7, 11) is 0. The number of pyridine rings is 1. The summed E-state index contributed by atoms with van der Waals surface area (Å²) in [5, 5.41) is 14.6. The van der Waals surface area contributed by atoms with Crippen LogP contribution in [0.15, 0.2) is 42.5 Å². The maximum Gasteiger partial charge on any atom is 0.254 e. The number of aromatic nitrogens is 3. The number of nitrogens with two attached hydrogens (primary N) is 2. The Morgan fingerprint density at radius 1 is 1.09 bits per heavy atom. The lowest BCUT2D eigenvalue weighted by Gasteiger charge is -2.41. The number of rotatable bonds is 4. The zero-order valence-electron chi connectivity index (χ0n) is 18.0. The summed E-state index contributed by atoms with van der Waals surface area (Å²) in [6.07, 6.45) is 0.702. The second-order valence-electron chi connectivity index (χ2n) is 8.77. The second kappa shape index (κ2) is 7.56. The second-order valence-corrected chi connectivity index (χ2v) is 8.77. The van der Waals surface area contributed by atoms with Crippen LogP contribution in [0.3, 0.4) is 0 Å². The third-order valence-electron chi connectivity index (χ3n) is 6.15. The van der Waals surface area contributed by atoms with Crippen LogP contribution in [0, 0.1) is 17.5 Å². The Balaban J connectivity index is 1.69. The SMILES string of the molecule is CC1(O)CC(n2nc(-c3ccc4cc(F)c(-c5ccccc5F)nc4c3F)c(C(N)=O)c2N)C1. The number of halogens is 3. The lowest BCUT2D eigenvalue weighted by molar-refractivity contribution is -0.0535. The summed E-state index contributed by atoms with van der Waals surface area (Å²) in [6.45, 7) is 1.67. The van der Waals surface area contributed by atoms with E-state index >= 15 is 4.39 Å². The zero-order valence-corrected chi connectivity index (χ0v) is 18.0. The Labute approximate surface area is 191 Å². The van der Waals surface area contributed by atoms with Gasteiger partial charge in [0.2, 0.25) is 0 Å². The molecule has 7 nitrogen and oxygen atoms in total. The average Bonchev–Trinajstić information content (AvgIpc) is 3.09. The summed E-state index contributed by atoms with van der Waals surface area (Å²) >= 11 is 0. The minimum atomic E-state index is -0.900. The van der Waals surface area contributed by atoms with Gasteiger partial charge in [0.1, 0.15) is 39.9 Å². The number of fused-ring (bicyclic) bond motifs is 1. The molecule has 2 aromatic heterocycles. The van der Waals surface area contributed by atoms with Crippen LogP contribution in [-0.4, -0.2) is 31.4 Å².